The molecule has 0 radical (unpaired) electrons. The lowest BCUT2D eigenvalue weighted by atomic mass is 9.83. The van der Waals surface area contributed by atoms with Crippen LogP contribution in [0.3, 0.4) is 0 Å². The maximum Gasteiger partial charge on any atom is 0.251 e. The smallest absolute Gasteiger partial charge is 0.251 e. The number of nitrogens with one attached hydrogen (secondary N) is 1. The minimum absolute atomic E-state index is 0.0419. The van der Waals surface area contributed by atoms with Crippen LogP contribution in [0.15, 0.2) is 30.0 Å². The van der Waals surface area contributed by atoms with Crippen molar-refractivity contribution in [3.05, 3.63) is 35.5 Å². The van der Waals surface area contributed by atoms with Crippen LogP contribution in [-0.4, -0.2) is 30.0 Å². The van der Waals surface area contributed by atoms with Crippen LogP contribution in [-0.2, 0) is 0 Å². The molecular formula is C18H23N3O. The molecular weight excluding hydrogens is 274 g/mol. The first-order valence-electron chi connectivity index (χ1n) is 8.36. The van der Waals surface area contributed by atoms with Gasteiger partial charge in [0.25, 0.3) is 5.91 Å². The Labute approximate surface area is 131 Å². The zero-order chi connectivity index (χ0) is 15.1. The summed E-state index contributed by atoms with van der Waals surface area (Å²) in [5.41, 5.74) is 2.26. The number of pyridine rings is 1. The molecule has 116 valence electrons. The molecule has 1 saturated heterocycles. The molecule has 22 heavy (non-hydrogen) atoms. The number of allylic oxidation sites excluding steroid dienone is 2. The van der Waals surface area contributed by atoms with Gasteiger partial charge < -0.3 is 10.2 Å². The van der Waals surface area contributed by atoms with Crippen molar-refractivity contribution in [2.45, 2.75) is 38.6 Å². The maximum absolute atomic E-state index is 12.2. The third kappa shape index (κ3) is 2.74. The molecule has 4 heteroatoms. The van der Waals surface area contributed by atoms with E-state index in [1.807, 2.05) is 12.1 Å². The topological polar surface area (TPSA) is 45.2 Å². The van der Waals surface area contributed by atoms with Gasteiger partial charge in [-0.05, 0) is 56.6 Å². The first kappa shape index (κ1) is 13.8. The summed E-state index contributed by atoms with van der Waals surface area (Å²) in [6.45, 7) is 4.37. The van der Waals surface area contributed by atoms with Gasteiger partial charge in [0, 0.05) is 30.9 Å². The largest absolute Gasteiger partial charge is 0.356 e. The summed E-state index contributed by atoms with van der Waals surface area (Å²) in [7, 11) is 0. The van der Waals surface area contributed by atoms with E-state index >= 15 is 0 Å². The number of carbonyl (C=O) groups is 1. The molecule has 1 aliphatic heterocycles. The first-order chi connectivity index (χ1) is 10.7. The van der Waals surface area contributed by atoms with Crippen molar-refractivity contribution in [1.82, 2.24) is 10.3 Å². The molecule has 4 rings (SSSR count). The number of carbonyl (C=O) groups excluding carboxylic acids is 1. The number of amides is 1. The van der Waals surface area contributed by atoms with Crippen molar-refractivity contribution in [2.75, 3.05) is 18.0 Å². The van der Waals surface area contributed by atoms with Crippen molar-refractivity contribution in [3.8, 4) is 0 Å². The number of nitrogens with zero attached hydrogens (tertiary/aromatic N) is 2. The lowest BCUT2D eigenvalue weighted by Crippen LogP contribution is -2.26. The minimum atomic E-state index is 0.0419. The Morgan fingerprint density at radius 3 is 2.95 bits per heavy atom. The summed E-state index contributed by atoms with van der Waals surface area (Å²) >= 11 is 0. The Morgan fingerprint density at radius 2 is 2.14 bits per heavy atom. The predicted molar refractivity (Wildman–Crippen MR) is 86.9 cm³/mol. The van der Waals surface area contributed by atoms with Crippen LogP contribution in [0.4, 0.5) is 5.82 Å². The molecule has 4 nitrogen and oxygen atoms in total. The molecule has 2 heterocycles. The summed E-state index contributed by atoms with van der Waals surface area (Å²) in [5.74, 6) is 2.49. The van der Waals surface area contributed by atoms with Crippen molar-refractivity contribution in [3.63, 3.8) is 0 Å². The minimum Gasteiger partial charge on any atom is -0.356 e. The van der Waals surface area contributed by atoms with Crippen molar-refractivity contribution >= 4 is 11.7 Å². The van der Waals surface area contributed by atoms with Gasteiger partial charge in [-0.1, -0.05) is 11.6 Å². The van der Waals surface area contributed by atoms with Gasteiger partial charge in [-0.2, -0.15) is 0 Å². The summed E-state index contributed by atoms with van der Waals surface area (Å²) < 4.78 is 0. The summed E-state index contributed by atoms with van der Waals surface area (Å²) in [5, 5.41) is 3.05. The first-order valence-corrected chi connectivity index (χ1v) is 8.36. The third-order valence-electron chi connectivity index (χ3n) is 5.17. The van der Waals surface area contributed by atoms with E-state index in [1.165, 1.54) is 18.4 Å². The molecule has 0 spiro atoms. The monoisotopic (exact) mass is 297 g/mol. The van der Waals surface area contributed by atoms with E-state index in [2.05, 4.69) is 28.2 Å². The SMILES string of the molecule is CC1=CC[C@H]2CN(c3cc(C(=O)NC4CC4)ccn3)C[C@H]2C1. The van der Waals surface area contributed by atoms with Crippen LogP contribution < -0.4 is 10.2 Å². The van der Waals surface area contributed by atoms with Crippen LogP contribution in [0.25, 0.3) is 0 Å². The molecule has 3 aliphatic rings. The predicted octanol–water partition coefficient (Wildman–Crippen LogP) is 2.77. The van der Waals surface area contributed by atoms with Gasteiger partial charge in [-0.25, -0.2) is 4.98 Å². The molecule has 1 aromatic heterocycles. The Hall–Kier alpha value is -1.84. The average Bonchev–Trinajstić information content (AvgIpc) is 3.23. The molecule has 0 aromatic carbocycles. The molecule has 1 aromatic rings. The van der Waals surface area contributed by atoms with E-state index in [4.69, 9.17) is 0 Å². The number of hydrogen-bond donors (Lipinski definition) is 1. The van der Waals surface area contributed by atoms with E-state index in [9.17, 15) is 4.79 Å². The van der Waals surface area contributed by atoms with Crippen LogP contribution in [0.1, 0.15) is 43.0 Å². The highest BCUT2D eigenvalue weighted by molar-refractivity contribution is 5.95. The van der Waals surface area contributed by atoms with Gasteiger partial charge in [-0.15, -0.1) is 0 Å². The number of anilines is 1. The van der Waals surface area contributed by atoms with Gasteiger partial charge in [0.1, 0.15) is 5.82 Å². The number of rotatable bonds is 3. The van der Waals surface area contributed by atoms with E-state index in [-0.39, 0.29) is 5.91 Å². The Bertz CT molecular complexity index is 621. The molecule has 0 unspecified atom stereocenters. The molecule has 2 aliphatic carbocycles. The van der Waals surface area contributed by atoms with E-state index in [0.717, 1.165) is 49.1 Å². The molecule has 1 amide bonds. The second-order valence-corrected chi connectivity index (χ2v) is 7.07. The Kier molecular flexibility index (Phi) is 3.40. The quantitative estimate of drug-likeness (QED) is 0.873. The average molecular weight is 297 g/mol. The van der Waals surface area contributed by atoms with Gasteiger partial charge in [0.05, 0.1) is 0 Å². The van der Waals surface area contributed by atoms with Crippen molar-refractivity contribution in [1.29, 1.82) is 0 Å². The second kappa shape index (κ2) is 5.41. The van der Waals surface area contributed by atoms with Crippen LogP contribution in [0.5, 0.6) is 0 Å². The van der Waals surface area contributed by atoms with Gasteiger partial charge in [-0.3, -0.25) is 4.79 Å². The number of hydrogen-bond acceptors (Lipinski definition) is 3. The van der Waals surface area contributed by atoms with Crippen LogP contribution in [0, 0.1) is 11.8 Å². The highest BCUT2D eigenvalue weighted by Gasteiger charge is 2.34. The van der Waals surface area contributed by atoms with Gasteiger partial charge in [0.2, 0.25) is 0 Å². The van der Waals surface area contributed by atoms with Crippen LogP contribution >= 0.6 is 0 Å². The third-order valence-corrected chi connectivity index (χ3v) is 5.17. The zero-order valence-electron chi connectivity index (χ0n) is 13.1. The van der Waals surface area contributed by atoms with Crippen LogP contribution in [0.2, 0.25) is 0 Å². The number of aromatic nitrogens is 1. The van der Waals surface area contributed by atoms with E-state index < -0.39 is 0 Å². The summed E-state index contributed by atoms with van der Waals surface area (Å²) in [4.78, 5) is 19.1. The lowest BCUT2D eigenvalue weighted by molar-refractivity contribution is 0.0951. The normalized spacial score (nSPS) is 27.3. The Balaban J connectivity index is 1.48. The molecule has 2 atom stereocenters. The standard InChI is InChI=1S/C18H23N3O/c1-12-2-3-14-10-21(11-15(14)8-12)17-9-13(6-7-19-17)18(22)20-16-4-5-16/h2,6-7,9,14-16H,3-5,8,10-11H2,1H3,(H,20,22)/t14-,15+/m0/s1. The van der Waals surface area contributed by atoms with Crippen molar-refractivity contribution in [2.24, 2.45) is 11.8 Å². The van der Waals surface area contributed by atoms with Gasteiger partial charge in [0.15, 0.2) is 0 Å². The molecule has 0 bridgehead atoms. The fraction of sp³-hybridized carbons (Fsp3) is 0.556. The maximum atomic E-state index is 12.2. The molecule has 1 saturated carbocycles. The van der Waals surface area contributed by atoms with Gasteiger partial charge >= 0.3 is 0 Å². The van der Waals surface area contributed by atoms with E-state index in [0.29, 0.717) is 6.04 Å². The van der Waals surface area contributed by atoms with Crippen molar-refractivity contribution < 1.29 is 4.79 Å². The second-order valence-electron chi connectivity index (χ2n) is 7.07. The molecule has 1 N–H and O–H groups in total. The fourth-order valence-electron chi connectivity index (χ4n) is 3.70. The highest BCUT2D eigenvalue weighted by atomic mass is 16.1. The Morgan fingerprint density at radius 1 is 1.32 bits per heavy atom. The lowest BCUT2D eigenvalue weighted by Gasteiger charge is -2.21. The fourth-order valence-corrected chi connectivity index (χ4v) is 3.70. The number of fused-ring (bicyclic) bond motifs is 1. The zero-order valence-corrected chi connectivity index (χ0v) is 13.1. The summed E-state index contributed by atoms with van der Waals surface area (Å²) in [6.07, 6.45) is 8.79. The highest BCUT2D eigenvalue weighted by Crippen LogP contribution is 2.37. The molecule has 2 fully saturated rings. The van der Waals surface area contributed by atoms with E-state index in [1.54, 1.807) is 6.20 Å². The summed E-state index contributed by atoms with van der Waals surface area (Å²) in [6, 6.07) is 4.17.